The van der Waals surface area contributed by atoms with Crippen molar-refractivity contribution in [2.24, 2.45) is 0 Å². The molecule has 1 aliphatic heterocycles. The average Bonchev–Trinajstić information content (AvgIpc) is 2.96. The van der Waals surface area contributed by atoms with E-state index in [1.54, 1.807) is 31.4 Å². The lowest BCUT2D eigenvalue weighted by atomic mass is 10.1. The van der Waals surface area contributed by atoms with Crippen LogP contribution < -0.4 is 10.4 Å². The Hall–Kier alpha value is -2.38. The van der Waals surface area contributed by atoms with E-state index in [1.165, 1.54) is 0 Å². The second-order valence-electron chi connectivity index (χ2n) is 6.07. The van der Waals surface area contributed by atoms with Crippen LogP contribution in [-0.4, -0.2) is 65.9 Å². The van der Waals surface area contributed by atoms with Gasteiger partial charge in [-0.25, -0.2) is 4.79 Å². The van der Waals surface area contributed by atoms with Crippen LogP contribution in [0, 0.1) is 0 Å². The van der Waals surface area contributed by atoms with E-state index in [4.69, 9.17) is 4.74 Å². The lowest BCUT2D eigenvalue weighted by Crippen LogP contribution is -2.44. The highest BCUT2D eigenvalue weighted by molar-refractivity contribution is 6.08. The zero-order chi connectivity index (χ0) is 17.1. The zero-order valence-corrected chi connectivity index (χ0v) is 14.0. The molecular formula is C17H22N4O3. The Morgan fingerprint density at radius 1 is 1.12 bits per heavy atom. The zero-order valence-electron chi connectivity index (χ0n) is 14.0. The lowest BCUT2D eigenvalue weighted by molar-refractivity contribution is 0.103. The van der Waals surface area contributed by atoms with Crippen LogP contribution in [0.1, 0.15) is 21.7 Å². The van der Waals surface area contributed by atoms with Gasteiger partial charge in [0.1, 0.15) is 11.4 Å². The van der Waals surface area contributed by atoms with E-state index in [9.17, 15) is 9.59 Å². The van der Waals surface area contributed by atoms with Gasteiger partial charge in [-0.1, -0.05) is 0 Å². The van der Waals surface area contributed by atoms with Gasteiger partial charge in [0.2, 0.25) is 5.78 Å². The molecule has 0 amide bonds. The molecule has 1 fully saturated rings. The number of hydrogen-bond acceptors (Lipinski definition) is 5. The fraction of sp³-hybridized carbons (Fsp3) is 0.412. The minimum absolute atomic E-state index is 0.194. The number of rotatable bonds is 5. The molecule has 0 radical (unpaired) electrons. The monoisotopic (exact) mass is 330 g/mol. The quantitative estimate of drug-likeness (QED) is 0.789. The molecule has 1 saturated heterocycles. The summed E-state index contributed by atoms with van der Waals surface area (Å²) in [6.45, 7) is 4.36. The van der Waals surface area contributed by atoms with Crippen molar-refractivity contribution in [3.63, 3.8) is 0 Å². The van der Waals surface area contributed by atoms with Crippen molar-refractivity contribution in [3.8, 4) is 5.75 Å². The Labute approximate surface area is 140 Å². The molecule has 2 aromatic rings. The van der Waals surface area contributed by atoms with E-state index >= 15 is 0 Å². The highest BCUT2D eigenvalue weighted by Crippen LogP contribution is 2.16. The molecule has 0 unspecified atom stereocenters. The first-order valence-corrected chi connectivity index (χ1v) is 7.97. The number of nitrogens with one attached hydrogen (secondary N) is 2. The number of ketones is 1. The van der Waals surface area contributed by atoms with E-state index in [0.717, 1.165) is 26.2 Å². The summed E-state index contributed by atoms with van der Waals surface area (Å²) in [5, 5.41) is 0. The number of ether oxygens (including phenoxy) is 1. The molecule has 3 rings (SSSR count). The molecule has 0 bridgehead atoms. The van der Waals surface area contributed by atoms with E-state index in [1.807, 2.05) is 0 Å². The normalized spacial score (nSPS) is 16.2. The topological polar surface area (TPSA) is 81.4 Å². The van der Waals surface area contributed by atoms with Crippen molar-refractivity contribution in [1.82, 2.24) is 19.8 Å². The first-order chi connectivity index (χ1) is 11.6. The summed E-state index contributed by atoms with van der Waals surface area (Å²) in [7, 11) is 3.67. The predicted octanol–water partition coefficient (Wildman–Crippen LogP) is 0.690. The van der Waals surface area contributed by atoms with Crippen molar-refractivity contribution >= 4 is 5.78 Å². The number of imidazole rings is 1. The minimum atomic E-state index is -0.351. The molecule has 2 N–H and O–H groups in total. The van der Waals surface area contributed by atoms with E-state index in [2.05, 4.69) is 26.8 Å². The number of aromatic amines is 2. The van der Waals surface area contributed by atoms with Crippen LogP contribution in [0.5, 0.6) is 5.75 Å². The number of benzene rings is 1. The van der Waals surface area contributed by atoms with Gasteiger partial charge in [0.05, 0.1) is 12.8 Å². The van der Waals surface area contributed by atoms with Crippen molar-refractivity contribution < 1.29 is 9.53 Å². The van der Waals surface area contributed by atoms with Crippen LogP contribution in [0.15, 0.2) is 29.1 Å². The van der Waals surface area contributed by atoms with Gasteiger partial charge in [-0.05, 0) is 31.3 Å². The van der Waals surface area contributed by atoms with Crippen molar-refractivity contribution in [2.45, 2.75) is 6.54 Å². The molecule has 0 aliphatic carbocycles. The highest BCUT2D eigenvalue weighted by atomic mass is 16.5. The van der Waals surface area contributed by atoms with E-state index in [-0.39, 0.29) is 11.5 Å². The van der Waals surface area contributed by atoms with Crippen LogP contribution in [0.2, 0.25) is 0 Å². The fourth-order valence-corrected chi connectivity index (χ4v) is 2.85. The Morgan fingerprint density at radius 2 is 1.79 bits per heavy atom. The lowest BCUT2D eigenvalue weighted by Gasteiger charge is -2.32. The van der Waals surface area contributed by atoms with Crippen molar-refractivity contribution in [2.75, 3.05) is 40.3 Å². The van der Waals surface area contributed by atoms with E-state index < -0.39 is 0 Å². The Morgan fingerprint density at radius 3 is 2.42 bits per heavy atom. The van der Waals surface area contributed by atoms with Gasteiger partial charge >= 0.3 is 5.69 Å². The number of likely N-dealkylation sites (N-methyl/N-ethyl adjacent to an activating group) is 1. The summed E-state index contributed by atoms with van der Waals surface area (Å²) in [5.41, 5.74) is 1.15. The summed E-state index contributed by atoms with van der Waals surface area (Å²) in [6.07, 6.45) is 0. The summed E-state index contributed by atoms with van der Waals surface area (Å²) in [6, 6.07) is 6.87. The second kappa shape index (κ2) is 7.02. The molecule has 7 heteroatoms. The summed E-state index contributed by atoms with van der Waals surface area (Å²) < 4.78 is 5.11. The van der Waals surface area contributed by atoms with Crippen LogP contribution >= 0.6 is 0 Å². The molecule has 2 heterocycles. The number of piperazine rings is 1. The molecule has 1 aromatic carbocycles. The van der Waals surface area contributed by atoms with Gasteiger partial charge < -0.3 is 19.6 Å². The maximum absolute atomic E-state index is 12.7. The molecular weight excluding hydrogens is 308 g/mol. The molecule has 128 valence electrons. The Kier molecular flexibility index (Phi) is 4.82. The number of carbonyl (C=O) groups is 1. The van der Waals surface area contributed by atoms with E-state index in [0.29, 0.717) is 29.2 Å². The van der Waals surface area contributed by atoms with Crippen LogP contribution in [0.3, 0.4) is 0 Å². The number of aromatic nitrogens is 2. The second-order valence-corrected chi connectivity index (χ2v) is 6.07. The first-order valence-electron chi connectivity index (χ1n) is 7.97. The third-order valence-corrected chi connectivity index (χ3v) is 4.36. The first kappa shape index (κ1) is 16.5. The maximum atomic E-state index is 12.7. The smallest absolute Gasteiger partial charge is 0.323 e. The van der Waals surface area contributed by atoms with Gasteiger partial charge in [0.25, 0.3) is 0 Å². The average molecular weight is 330 g/mol. The number of nitrogens with zero attached hydrogens (tertiary/aromatic N) is 2. The fourth-order valence-electron chi connectivity index (χ4n) is 2.85. The van der Waals surface area contributed by atoms with Gasteiger partial charge in [0, 0.05) is 38.3 Å². The maximum Gasteiger partial charge on any atom is 0.323 e. The number of H-pyrrole nitrogens is 2. The SMILES string of the molecule is COc1ccc(C(=O)c2[nH]c(=O)[nH]c2CN2CCN(C)CC2)cc1. The predicted molar refractivity (Wildman–Crippen MR) is 90.6 cm³/mol. The minimum Gasteiger partial charge on any atom is -0.497 e. The van der Waals surface area contributed by atoms with Gasteiger partial charge in [-0.15, -0.1) is 0 Å². The largest absolute Gasteiger partial charge is 0.497 e. The standard InChI is InChI=1S/C17H22N4O3/c1-20-7-9-21(10-8-20)11-14-15(19-17(23)18-14)16(22)12-3-5-13(24-2)6-4-12/h3-6H,7-11H2,1-2H3,(H2,18,19,23). The van der Waals surface area contributed by atoms with Crippen LogP contribution in [-0.2, 0) is 6.54 Å². The number of carbonyl (C=O) groups excluding carboxylic acids is 1. The third kappa shape index (κ3) is 3.58. The summed E-state index contributed by atoms with van der Waals surface area (Å²) in [4.78, 5) is 34.4. The van der Waals surface area contributed by atoms with Crippen LogP contribution in [0.25, 0.3) is 0 Å². The van der Waals surface area contributed by atoms with Crippen LogP contribution in [0.4, 0.5) is 0 Å². The molecule has 0 atom stereocenters. The molecule has 0 saturated carbocycles. The molecule has 1 aromatic heterocycles. The molecule has 24 heavy (non-hydrogen) atoms. The molecule has 1 aliphatic rings. The molecule has 7 nitrogen and oxygen atoms in total. The third-order valence-electron chi connectivity index (χ3n) is 4.36. The van der Waals surface area contributed by atoms with Gasteiger partial charge in [-0.2, -0.15) is 0 Å². The Bertz CT molecular complexity index is 755. The summed E-state index contributed by atoms with van der Waals surface area (Å²) in [5.74, 6) is 0.493. The summed E-state index contributed by atoms with van der Waals surface area (Å²) >= 11 is 0. The molecule has 0 spiro atoms. The van der Waals surface area contributed by atoms with Gasteiger partial charge in [-0.3, -0.25) is 9.69 Å². The number of hydrogen-bond donors (Lipinski definition) is 2. The highest BCUT2D eigenvalue weighted by Gasteiger charge is 2.21. The van der Waals surface area contributed by atoms with Gasteiger partial charge in [0.15, 0.2) is 0 Å². The number of methoxy groups -OCH3 is 1. The van der Waals surface area contributed by atoms with Crippen molar-refractivity contribution in [1.29, 1.82) is 0 Å². The van der Waals surface area contributed by atoms with Crippen molar-refractivity contribution in [3.05, 3.63) is 51.7 Å². The Balaban J connectivity index is 1.80.